The highest BCUT2D eigenvalue weighted by atomic mass is 16.5. The number of nitrogens with zero attached hydrogens (tertiary/aromatic N) is 1. The van der Waals surface area contributed by atoms with Gasteiger partial charge in [-0.25, -0.2) is 0 Å². The van der Waals surface area contributed by atoms with E-state index in [9.17, 15) is 9.59 Å². The van der Waals surface area contributed by atoms with Crippen LogP contribution in [0.1, 0.15) is 32.6 Å². The summed E-state index contributed by atoms with van der Waals surface area (Å²) in [5, 5.41) is 8.80. The van der Waals surface area contributed by atoms with Gasteiger partial charge in [0.15, 0.2) is 0 Å². The van der Waals surface area contributed by atoms with Crippen LogP contribution in [0.5, 0.6) is 0 Å². The molecule has 1 aliphatic carbocycles. The molecule has 0 aromatic heterocycles. The Kier molecular flexibility index (Phi) is 5.37. The van der Waals surface area contributed by atoms with E-state index in [1.54, 1.807) is 4.90 Å². The van der Waals surface area contributed by atoms with Crippen LogP contribution in [0.15, 0.2) is 0 Å². The monoisotopic (exact) mass is 285 g/mol. The van der Waals surface area contributed by atoms with Crippen molar-refractivity contribution in [1.82, 2.24) is 4.90 Å². The Morgan fingerprint density at radius 2 is 2.25 bits per heavy atom. The summed E-state index contributed by atoms with van der Waals surface area (Å²) in [6.45, 7) is 4.01. The third-order valence-electron chi connectivity index (χ3n) is 3.79. The van der Waals surface area contributed by atoms with Crippen LogP contribution in [-0.2, 0) is 19.1 Å². The molecular formula is C14H23NO5. The van der Waals surface area contributed by atoms with Gasteiger partial charge in [0.05, 0.1) is 24.5 Å². The lowest BCUT2D eigenvalue weighted by atomic mass is 10.2. The second-order valence-corrected chi connectivity index (χ2v) is 5.40. The first-order valence-electron chi connectivity index (χ1n) is 7.35. The van der Waals surface area contributed by atoms with E-state index in [1.807, 2.05) is 6.92 Å². The summed E-state index contributed by atoms with van der Waals surface area (Å²) in [5.41, 5.74) is 0. The zero-order valence-electron chi connectivity index (χ0n) is 11.9. The molecule has 1 saturated carbocycles. The highest BCUT2D eigenvalue weighted by Crippen LogP contribution is 2.35. The van der Waals surface area contributed by atoms with Gasteiger partial charge in [0.2, 0.25) is 5.91 Å². The number of ether oxygens (including phenoxy) is 2. The lowest BCUT2D eigenvalue weighted by molar-refractivity contribution is -0.139. The molecule has 3 atom stereocenters. The lowest BCUT2D eigenvalue weighted by Gasteiger charge is -2.25. The minimum Gasteiger partial charge on any atom is -0.481 e. The predicted octanol–water partition coefficient (Wildman–Crippen LogP) is 0.894. The third-order valence-corrected chi connectivity index (χ3v) is 3.79. The van der Waals surface area contributed by atoms with Crippen molar-refractivity contribution in [1.29, 1.82) is 0 Å². The van der Waals surface area contributed by atoms with Gasteiger partial charge in [-0.05, 0) is 26.2 Å². The van der Waals surface area contributed by atoms with Crippen LogP contribution in [0, 0.1) is 5.92 Å². The van der Waals surface area contributed by atoms with Crippen molar-refractivity contribution in [3.8, 4) is 0 Å². The van der Waals surface area contributed by atoms with Gasteiger partial charge in [0.1, 0.15) is 0 Å². The molecule has 0 bridgehead atoms. The smallest absolute Gasteiger partial charge is 0.305 e. The highest BCUT2D eigenvalue weighted by Gasteiger charge is 2.46. The van der Waals surface area contributed by atoms with Crippen LogP contribution in [0.25, 0.3) is 0 Å². The molecule has 0 aromatic rings. The summed E-state index contributed by atoms with van der Waals surface area (Å²) in [4.78, 5) is 24.8. The summed E-state index contributed by atoms with van der Waals surface area (Å²) in [6.07, 6.45) is 2.75. The molecule has 1 saturated heterocycles. The summed E-state index contributed by atoms with van der Waals surface area (Å²) in [6, 6.07) is 0. The van der Waals surface area contributed by atoms with E-state index in [4.69, 9.17) is 14.6 Å². The van der Waals surface area contributed by atoms with Gasteiger partial charge in [-0.15, -0.1) is 0 Å². The number of rotatable bonds is 8. The number of carboxylic acids is 1. The van der Waals surface area contributed by atoms with Crippen molar-refractivity contribution in [2.75, 3.05) is 26.3 Å². The van der Waals surface area contributed by atoms with E-state index in [1.165, 1.54) is 0 Å². The van der Waals surface area contributed by atoms with Crippen LogP contribution in [-0.4, -0.2) is 60.4 Å². The molecule has 1 heterocycles. The number of hydrogen-bond acceptors (Lipinski definition) is 4. The maximum atomic E-state index is 12.4. The first-order valence-corrected chi connectivity index (χ1v) is 7.35. The Morgan fingerprint density at radius 1 is 1.45 bits per heavy atom. The first-order chi connectivity index (χ1) is 9.61. The molecule has 0 aromatic carbocycles. The predicted molar refractivity (Wildman–Crippen MR) is 71.3 cm³/mol. The fraction of sp³-hybridized carbons (Fsp3) is 0.857. The summed E-state index contributed by atoms with van der Waals surface area (Å²) >= 11 is 0. The van der Waals surface area contributed by atoms with Crippen molar-refractivity contribution in [2.24, 2.45) is 5.92 Å². The van der Waals surface area contributed by atoms with Gasteiger partial charge >= 0.3 is 5.97 Å². The largest absolute Gasteiger partial charge is 0.481 e. The van der Waals surface area contributed by atoms with Gasteiger partial charge < -0.3 is 19.5 Å². The second-order valence-electron chi connectivity index (χ2n) is 5.40. The van der Waals surface area contributed by atoms with Gasteiger partial charge in [-0.2, -0.15) is 0 Å². The van der Waals surface area contributed by atoms with Crippen LogP contribution in [0.4, 0.5) is 0 Å². The minimum atomic E-state index is -0.882. The van der Waals surface area contributed by atoms with Crippen molar-refractivity contribution in [2.45, 2.75) is 44.8 Å². The van der Waals surface area contributed by atoms with Gasteiger partial charge in [0, 0.05) is 26.3 Å². The number of hydrogen-bond donors (Lipinski definition) is 1. The Balaban J connectivity index is 1.87. The first kappa shape index (κ1) is 15.3. The number of carbonyl (C=O) groups excluding carboxylic acids is 1. The van der Waals surface area contributed by atoms with Gasteiger partial charge in [-0.3, -0.25) is 9.59 Å². The Hall–Kier alpha value is -1.14. The molecule has 114 valence electrons. The molecule has 2 rings (SSSR count). The molecule has 1 aliphatic heterocycles. The molecule has 0 spiro atoms. The van der Waals surface area contributed by atoms with Gasteiger partial charge in [0.25, 0.3) is 0 Å². The van der Waals surface area contributed by atoms with Crippen molar-refractivity contribution in [3.63, 3.8) is 0 Å². The van der Waals surface area contributed by atoms with Crippen molar-refractivity contribution < 1.29 is 24.2 Å². The maximum Gasteiger partial charge on any atom is 0.305 e. The zero-order valence-corrected chi connectivity index (χ0v) is 11.9. The second kappa shape index (κ2) is 7.04. The average Bonchev–Trinajstić information content (AvgIpc) is 2.98. The van der Waals surface area contributed by atoms with Crippen molar-refractivity contribution in [3.05, 3.63) is 0 Å². The van der Waals surface area contributed by atoms with E-state index in [-0.39, 0.29) is 37.0 Å². The highest BCUT2D eigenvalue weighted by molar-refractivity contribution is 5.82. The quantitative estimate of drug-likeness (QED) is 0.717. The van der Waals surface area contributed by atoms with E-state index in [0.717, 1.165) is 25.9 Å². The Morgan fingerprint density at radius 3 is 2.85 bits per heavy atom. The van der Waals surface area contributed by atoms with E-state index < -0.39 is 5.97 Å². The van der Waals surface area contributed by atoms with Crippen LogP contribution in [0.2, 0.25) is 0 Å². The fourth-order valence-corrected chi connectivity index (χ4v) is 2.62. The zero-order chi connectivity index (χ0) is 14.5. The number of carbonyl (C=O) groups is 2. The number of amides is 1. The van der Waals surface area contributed by atoms with Crippen molar-refractivity contribution >= 4 is 11.9 Å². The van der Waals surface area contributed by atoms with E-state index >= 15 is 0 Å². The van der Waals surface area contributed by atoms with Crippen LogP contribution >= 0.6 is 0 Å². The standard InChI is InChI=1S/C14H23NO5/c1-2-19-12-8-11(12)14(18)15(6-5-13(16)17)9-10-4-3-7-20-10/h10-12H,2-9H2,1H3,(H,16,17)/t10-,11-,12-/m1/s1. The summed E-state index contributed by atoms with van der Waals surface area (Å²) in [7, 11) is 0. The minimum absolute atomic E-state index is 0.0141. The molecule has 2 fully saturated rings. The molecule has 6 nitrogen and oxygen atoms in total. The Bertz CT molecular complexity index is 353. The molecule has 6 heteroatoms. The van der Waals surface area contributed by atoms with E-state index in [0.29, 0.717) is 13.2 Å². The number of carboxylic acid groups (broad SMARTS) is 1. The normalized spacial score (nSPS) is 28.4. The fourth-order valence-electron chi connectivity index (χ4n) is 2.62. The topological polar surface area (TPSA) is 76.1 Å². The molecule has 0 unspecified atom stereocenters. The average molecular weight is 285 g/mol. The molecule has 1 N–H and O–H groups in total. The van der Waals surface area contributed by atoms with Crippen LogP contribution in [0.3, 0.4) is 0 Å². The molecule has 20 heavy (non-hydrogen) atoms. The molecule has 1 amide bonds. The Labute approximate surface area is 119 Å². The van der Waals surface area contributed by atoms with Gasteiger partial charge in [-0.1, -0.05) is 0 Å². The number of aliphatic carboxylic acids is 1. The summed E-state index contributed by atoms with van der Waals surface area (Å²) in [5.74, 6) is -0.961. The van der Waals surface area contributed by atoms with E-state index in [2.05, 4.69) is 0 Å². The maximum absolute atomic E-state index is 12.4. The third kappa shape index (κ3) is 4.18. The van der Waals surface area contributed by atoms with Crippen LogP contribution < -0.4 is 0 Å². The lowest BCUT2D eigenvalue weighted by Crippen LogP contribution is -2.40. The molecule has 2 aliphatic rings. The SMILES string of the molecule is CCO[C@@H]1C[C@H]1C(=O)N(CCC(=O)O)C[C@H]1CCCO1. The molecular weight excluding hydrogens is 262 g/mol. The molecule has 0 radical (unpaired) electrons. The summed E-state index contributed by atoms with van der Waals surface area (Å²) < 4.78 is 11.0.